The molecular formula is C16H17N3O. The molecule has 4 nitrogen and oxygen atoms in total. The summed E-state index contributed by atoms with van der Waals surface area (Å²) in [7, 11) is 0. The van der Waals surface area contributed by atoms with Crippen molar-refractivity contribution in [1.82, 2.24) is 4.98 Å². The summed E-state index contributed by atoms with van der Waals surface area (Å²) < 4.78 is 0. The Morgan fingerprint density at radius 1 is 1.30 bits per heavy atom. The molecule has 1 aliphatic heterocycles. The molecule has 0 unspecified atom stereocenters. The minimum atomic E-state index is 0.0158. The number of anilines is 2. The molecule has 0 atom stereocenters. The zero-order chi connectivity index (χ0) is 14.1. The average molecular weight is 267 g/mol. The van der Waals surface area contributed by atoms with E-state index in [1.165, 1.54) is 5.56 Å². The number of carbonyl (C=O) groups is 1. The number of rotatable bonds is 1. The van der Waals surface area contributed by atoms with Gasteiger partial charge in [0.05, 0.1) is 0 Å². The Balaban J connectivity index is 2.00. The van der Waals surface area contributed by atoms with Crippen LogP contribution in [0, 0.1) is 6.92 Å². The smallest absolute Gasteiger partial charge is 0.258 e. The standard InChI is InChI=1S/C16H17N3O/c1-11-9-13(6-7-18-11)16(20)19-8-2-3-12-4-5-14(17)10-15(12)19/h4-7,9-10H,2-3,8,17H2,1H3. The Hall–Kier alpha value is -2.36. The summed E-state index contributed by atoms with van der Waals surface area (Å²) in [6.45, 7) is 2.62. The summed E-state index contributed by atoms with van der Waals surface area (Å²) in [4.78, 5) is 18.6. The van der Waals surface area contributed by atoms with Crippen LogP contribution in [-0.4, -0.2) is 17.4 Å². The first kappa shape index (κ1) is 12.7. The molecule has 1 aromatic heterocycles. The van der Waals surface area contributed by atoms with E-state index in [0.717, 1.165) is 30.8 Å². The van der Waals surface area contributed by atoms with Gasteiger partial charge in [0.2, 0.25) is 0 Å². The number of nitrogen functional groups attached to an aromatic ring is 1. The average Bonchev–Trinajstić information content (AvgIpc) is 2.46. The highest BCUT2D eigenvalue weighted by Crippen LogP contribution is 2.30. The number of pyridine rings is 1. The van der Waals surface area contributed by atoms with Crippen molar-refractivity contribution in [2.75, 3.05) is 17.2 Å². The van der Waals surface area contributed by atoms with Crippen LogP contribution in [0.2, 0.25) is 0 Å². The molecule has 1 amide bonds. The van der Waals surface area contributed by atoms with Crippen molar-refractivity contribution in [3.8, 4) is 0 Å². The lowest BCUT2D eigenvalue weighted by Crippen LogP contribution is -2.35. The van der Waals surface area contributed by atoms with Crippen LogP contribution in [0.3, 0.4) is 0 Å². The lowest BCUT2D eigenvalue weighted by molar-refractivity contribution is 0.0985. The molecule has 102 valence electrons. The largest absolute Gasteiger partial charge is 0.399 e. The van der Waals surface area contributed by atoms with Gasteiger partial charge in [-0.3, -0.25) is 9.78 Å². The van der Waals surface area contributed by atoms with Crippen molar-refractivity contribution in [3.05, 3.63) is 53.3 Å². The number of hydrogen-bond acceptors (Lipinski definition) is 3. The highest BCUT2D eigenvalue weighted by atomic mass is 16.2. The van der Waals surface area contributed by atoms with E-state index in [1.54, 1.807) is 12.3 Å². The number of benzene rings is 1. The molecule has 1 aromatic carbocycles. The Morgan fingerprint density at radius 2 is 2.15 bits per heavy atom. The quantitative estimate of drug-likeness (QED) is 0.808. The Labute approximate surface area is 118 Å². The second kappa shape index (κ2) is 4.96. The third kappa shape index (κ3) is 2.25. The highest BCUT2D eigenvalue weighted by Gasteiger charge is 2.23. The monoisotopic (exact) mass is 267 g/mol. The van der Waals surface area contributed by atoms with Crippen LogP contribution in [0.25, 0.3) is 0 Å². The third-order valence-electron chi connectivity index (χ3n) is 3.62. The minimum Gasteiger partial charge on any atom is -0.399 e. The maximum Gasteiger partial charge on any atom is 0.258 e. The van der Waals surface area contributed by atoms with E-state index >= 15 is 0 Å². The molecule has 0 aliphatic carbocycles. The molecule has 0 fully saturated rings. The van der Waals surface area contributed by atoms with E-state index in [-0.39, 0.29) is 5.91 Å². The summed E-state index contributed by atoms with van der Waals surface area (Å²) >= 11 is 0. The first-order valence-electron chi connectivity index (χ1n) is 6.78. The summed E-state index contributed by atoms with van der Waals surface area (Å²) in [5.41, 5.74) is 10.2. The summed E-state index contributed by atoms with van der Waals surface area (Å²) in [6.07, 6.45) is 3.65. The lowest BCUT2D eigenvalue weighted by Gasteiger charge is -2.30. The van der Waals surface area contributed by atoms with Crippen LogP contribution in [0.5, 0.6) is 0 Å². The Kier molecular flexibility index (Phi) is 3.14. The normalized spacial score (nSPS) is 13.9. The molecular weight excluding hydrogens is 250 g/mol. The van der Waals surface area contributed by atoms with Gasteiger partial charge in [0.1, 0.15) is 0 Å². The predicted molar refractivity (Wildman–Crippen MR) is 79.8 cm³/mol. The fourth-order valence-corrected chi connectivity index (χ4v) is 2.64. The summed E-state index contributed by atoms with van der Waals surface area (Å²) in [6, 6.07) is 9.38. The number of aryl methyl sites for hydroxylation is 2. The van der Waals surface area contributed by atoms with Crippen molar-refractivity contribution in [2.45, 2.75) is 19.8 Å². The van der Waals surface area contributed by atoms with E-state index in [2.05, 4.69) is 4.98 Å². The SMILES string of the molecule is Cc1cc(C(=O)N2CCCc3ccc(N)cc32)ccn1. The molecule has 2 heterocycles. The van der Waals surface area contributed by atoms with Gasteiger partial charge < -0.3 is 10.6 Å². The van der Waals surface area contributed by atoms with E-state index in [9.17, 15) is 4.79 Å². The zero-order valence-corrected chi connectivity index (χ0v) is 11.5. The second-order valence-electron chi connectivity index (χ2n) is 5.13. The summed E-state index contributed by atoms with van der Waals surface area (Å²) in [5.74, 6) is 0.0158. The zero-order valence-electron chi connectivity index (χ0n) is 11.5. The van der Waals surface area contributed by atoms with Gasteiger partial charge in [0.15, 0.2) is 0 Å². The molecule has 0 spiro atoms. The fourth-order valence-electron chi connectivity index (χ4n) is 2.64. The highest BCUT2D eigenvalue weighted by molar-refractivity contribution is 6.07. The van der Waals surface area contributed by atoms with Gasteiger partial charge in [-0.05, 0) is 49.6 Å². The molecule has 0 saturated carbocycles. The van der Waals surface area contributed by atoms with Gasteiger partial charge >= 0.3 is 0 Å². The molecule has 0 saturated heterocycles. The molecule has 0 bridgehead atoms. The fraction of sp³-hybridized carbons (Fsp3) is 0.250. The van der Waals surface area contributed by atoms with Gasteiger partial charge in [0, 0.05) is 35.4 Å². The van der Waals surface area contributed by atoms with Crippen LogP contribution in [0.15, 0.2) is 36.5 Å². The van der Waals surface area contributed by atoms with E-state index in [0.29, 0.717) is 11.3 Å². The topological polar surface area (TPSA) is 59.2 Å². The minimum absolute atomic E-state index is 0.0158. The van der Waals surface area contributed by atoms with Crippen LogP contribution < -0.4 is 10.6 Å². The Bertz CT molecular complexity index is 667. The van der Waals surface area contributed by atoms with Crippen molar-refractivity contribution < 1.29 is 4.79 Å². The van der Waals surface area contributed by atoms with Crippen LogP contribution in [-0.2, 0) is 6.42 Å². The maximum absolute atomic E-state index is 12.7. The predicted octanol–water partition coefficient (Wildman–Crippen LogP) is 2.57. The number of hydrogen-bond donors (Lipinski definition) is 1. The number of nitrogens with two attached hydrogens (primary N) is 1. The van der Waals surface area contributed by atoms with E-state index < -0.39 is 0 Å². The second-order valence-corrected chi connectivity index (χ2v) is 5.13. The first-order chi connectivity index (χ1) is 9.65. The third-order valence-corrected chi connectivity index (χ3v) is 3.62. The van der Waals surface area contributed by atoms with E-state index in [4.69, 9.17) is 5.73 Å². The summed E-state index contributed by atoms with van der Waals surface area (Å²) in [5, 5.41) is 0. The maximum atomic E-state index is 12.7. The van der Waals surface area contributed by atoms with Crippen molar-refractivity contribution in [2.24, 2.45) is 0 Å². The molecule has 2 N–H and O–H groups in total. The number of nitrogens with zero attached hydrogens (tertiary/aromatic N) is 2. The van der Waals surface area contributed by atoms with Crippen LogP contribution >= 0.6 is 0 Å². The van der Waals surface area contributed by atoms with Gasteiger partial charge in [0.25, 0.3) is 5.91 Å². The molecule has 3 rings (SSSR count). The van der Waals surface area contributed by atoms with Crippen LogP contribution in [0.4, 0.5) is 11.4 Å². The van der Waals surface area contributed by atoms with Crippen molar-refractivity contribution in [1.29, 1.82) is 0 Å². The Morgan fingerprint density at radius 3 is 2.95 bits per heavy atom. The number of amides is 1. The number of aromatic nitrogens is 1. The van der Waals surface area contributed by atoms with Crippen molar-refractivity contribution in [3.63, 3.8) is 0 Å². The molecule has 4 heteroatoms. The van der Waals surface area contributed by atoms with E-state index in [1.807, 2.05) is 36.1 Å². The van der Waals surface area contributed by atoms with Crippen LogP contribution in [0.1, 0.15) is 28.0 Å². The number of carbonyl (C=O) groups excluding carboxylic acids is 1. The molecule has 20 heavy (non-hydrogen) atoms. The molecule has 2 aromatic rings. The van der Waals surface area contributed by atoms with Gasteiger partial charge in [-0.15, -0.1) is 0 Å². The molecule has 1 aliphatic rings. The first-order valence-corrected chi connectivity index (χ1v) is 6.78. The van der Waals surface area contributed by atoms with Gasteiger partial charge in [-0.25, -0.2) is 0 Å². The molecule has 0 radical (unpaired) electrons. The number of fused-ring (bicyclic) bond motifs is 1. The van der Waals surface area contributed by atoms with Gasteiger partial charge in [-0.1, -0.05) is 6.07 Å². The van der Waals surface area contributed by atoms with Gasteiger partial charge in [-0.2, -0.15) is 0 Å². The lowest BCUT2D eigenvalue weighted by atomic mass is 10.00. The van der Waals surface area contributed by atoms with Crippen molar-refractivity contribution >= 4 is 17.3 Å².